The summed E-state index contributed by atoms with van der Waals surface area (Å²) in [6.45, 7) is 3.17. The van der Waals surface area contributed by atoms with Crippen molar-refractivity contribution in [1.29, 1.82) is 0 Å². The third-order valence-electron chi connectivity index (χ3n) is 3.27. The van der Waals surface area contributed by atoms with Crippen LogP contribution >= 0.6 is 0 Å². The largest absolute Gasteiger partial charge is 0.494 e. The maximum Gasteiger partial charge on any atom is 0.254 e. The number of aliphatic hydroxyl groups is 1. The topological polar surface area (TPSA) is 49.8 Å². The molecule has 0 bridgehead atoms. The molecule has 116 valence electrons. The fourth-order valence-electron chi connectivity index (χ4n) is 2.25. The number of amides is 1. The van der Waals surface area contributed by atoms with Crippen LogP contribution in [0.2, 0.25) is 0 Å². The van der Waals surface area contributed by atoms with E-state index in [9.17, 15) is 9.90 Å². The van der Waals surface area contributed by atoms with Gasteiger partial charge in [-0.05, 0) is 30.7 Å². The highest BCUT2D eigenvalue weighted by Crippen LogP contribution is 2.16. The summed E-state index contributed by atoms with van der Waals surface area (Å²) in [4.78, 5) is 14.3. The fraction of sp³-hybridized carbons (Fsp3) is 0.278. The average molecular weight is 299 g/mol. The molecule has 1 amide bonds. The maximum absolute atomic E-state index is 12.7. The van der Waals surface area contributed by atoms with E-state index >= 15 is 0 Å². The third-order valence-corrected chi connectivity index (χ3v) is 3.27. The van der Waals surface area contributed by atoms with Crippen molar-refractivity contribution in [3.05, 3.63) is 65.7 Å². The minimum absolute atomic E-state index is 0.0657. The molecule has 0 aliphatic carbocycles. The number of benzene rings is 2. The second kappa shape index (κ2) is 8.20. The number of ether oxygens (including phenoxy) is 1. The van der Waals surface area contributed by atoms with Crippen LogP contribution in [0.25, 0.3) is 0 Å². The van der Waals surface area contributed by atoms with E-state index in [0.717, 1.165) is 5.56 Å². The lowest BCUT2D eigenvalue weighted by Gasteiger charge is -2.22. The highest BCUT2D eigenvalue weighted by Gasteiger charge is 2.16. The highest BCUT2D eigenvalue weighted by atomic mass is 16.5. The number of aliphatic hydroxyl groups excluding tert-OH is 1. The van der Waals surface area contributed by atoms with Crippen LogP contribution in [-0.4, -0.2) is 35.7 Å². The summed E-state index contributed by atoms with van der Waals surface area (Å²) in [6, 6.07) is 16.9. The Kier molecular flexibility index (Phi) is 5.98. The molecule has 0 saturated heterocycles. The van der Waals surface area contributed by atoms with Gasteiger partial charge in [0.1, 0.15) is 5.75 Å². The van der Waals surface area contributed by atoms with E-state index in [1.807, 2.05) is 43.3 Å². The van der Waals surface area contributed by atoms with E-state index in [4.69, 9.17) is 4.74 Å². The third kappa shape index (κ3) is 4.33. The molecule has 0 aliphatic heterocycles. The Morgan fingerprint density at radius 3 is 2.59 bits per heavy atom. The van der Waals surface area contributed by atoms with Gasteiger partial charge < -0.3 is 14.7 Å². The summed E-state index contributed by atoms with van der Waals surface area (Å²) in [5.74, 6) is 0.566. The number of hydrogen-bond acceptors (Lipinski definition) is 3. The van der Waals surface area contributed by atoms with E-state index in [2.05, 4.69) is 0 Å². The van der Waals surface area contributed by atoms with Crippen molar-refractivity contribution in [3.8, 4) is 5.75 Å². The zero-order valence-electron chi connectivity index (χ0n) is 12.7. The summed E-state index contributed by atoms with van der Waals surface area (Å²) in [6.07, 6.45) is 0. The van der Waals surface area contributed by atoms with Crippen molar-refractivity contribution in [2.45, 2.75) is 13.5 Å². The molecule has 0 unspecified atom stereocenters. The summed E-state index contributed by atoms with van der Waals surface area (Å²) >= 11 is 0. The van der Waals surface area contributed by atoms with Gasteiger partial charge in [0, 0.05) is 18.7 Å². The van der Waals surface area contributed by atoms with E-state index in [1.54, 1.807) is 23.1 Å². The second-order valence-electron chi connectivity index (χ2n) is 4.90. The molecule has 4 nitrogen and oxygen atoms in total. The van der Waals surface area contributed by atoms with Crippen molar-refractivity contribution in [2.75, 3.05) is 19.8 Å². The quantitative estimate of drug-likeness (QED) is 0.855. The van der Waals surface area contributed by atoms with Gasteiger partial charge in [-0.1, -0.05) is 36.4 Å². The Morgan fingerprint density at radius 1 is 1.14 bits per heavy atom. The second-order valence-corrected chi connectivity index (χ2v) is 4.90. The molecular formula is C18H21NO3. The molecule has 22 heavy (non-hydrogen) atoms. The van der Waals surface area contributed by atoms with Gasteiger partial charge >= 0.3 is 0 Å². The number of rotatable bonds is 7. The minimum Gasteiger partial charge on any atom is -0.494 e. The van der Waals surface area contributed by atoms with Gasteiger partial charge in [-0.15, -0.1) is 0 Å². The molecule has 0 radical (unpaired) electrons. The predicted molar refractivity (Wildman–Crippen MR) is 85.9 cm³/mol. The van der Waals surface area contributed by atoms with E-state index in [-0.39, 0.29) is 12.5 Å². The molecule has 0 heterocycles. The SMILES string of the molecule is CCOc1cccc(C(=O)N(CCO)Cc2ccccc2)c1. The van der Waals surface area contributed by atoms with Gasteiger partial charge in [-0.25, -0.2) is 0 Å². The van der Waals surface area contributed by atoms with E-state index in [1.165, 1.54) is 0 Å². The first-order chi connectivity index (χ1) is 10.7. The zero-order valence-corrected chi connectivity index (χ0v) is 12.7. The van der Waals surface area contributed by atoms with Crippen molar-refractivity contribution in [3.63, 3.8) is 0 Å². The number of nitrogens with zero attached hydrogens (tertiary/aromatic N) is 1. The van der Waals surface area contributed by atoms with Crippen molar-refractivity contribution < 1.29 is 14.6 Å². The van der Waals surface area contributed by atoms with Gasteiger partial charge in [0.25, 0.3) is 5.91 Å². The van der Waals surface area contributed by atoms with Gasteiger partial charge in [-0.2, -0.15) is 0 Å². The number of carbonyl (C=O) groups is 1. The molecule has 0 aliphatic rings. The predicted octanol–water partition coefficient (Wildman–Crippen LogP) is 2.72. The van der Waals surface area contributed by atoms with Crippen molar-refractivity contribution >= 4 is 5.91 Å². The molecule has 0 saturated carbocycles. The molecule has 1 N–H and O–H groups in total. The molecule has 2 aromatic carbocycles. The van der Waals surface area contributed by atoms with Crippen molar-refractivity contribution in [1.82, 2.24) is 4.90 Å². The van der Waals surface area contributed by atoms with Crippen LogP contribution in [0.5, 0.6) is 5.75 Å². The Labute approximate surface area is 131 Å². The maximum atomic E-state index is 12.7. The lowest BCUT2D eigenvalue weighted by molar-refractivity contribution is 0.0707. The summed E-state index contributed by atoms with van der Waals surface area (Å²) in [7, 11) is 0. The monoisotopic (exact) mass is 299 g/mol. The molecule has 0 fully saturated rings. The molecule has 0 aromatic heterocycles. The Bertz CT molecular complexity index is 598. The fourth-order valence-corrected chi connectivity index (χ4v) is 2.25. The Balaban J connectivity index is 2.17. The van der Waals surface area contributed by atoms with Crippen LogP contribution in [0, 0.1) is 0 Å². The number of carbonyl (C=O) groups excluding carboxylic acids is 1. The normalized spacial score (nSPS) is 10.3. The van der Waals surface area contributed by atoms with Crippen LogP contribution in [0.1, 0.15) is 22.8 Å². The molecule has 0 spiro atoms. The highest BCUT2D eigenvalue weighted by molar-refractivity contribution is 5.94. The Hall–Kier alpha value is -2.33. The smallest absolute Gasteiger partial charge is 0.254 e. The van der Waals surface area contributed by atoms with E-state index in [0.29, 0.717) is 31.0 Å². The minimum atomic E-state index is -0.112. The first kappa shape index (κ1) is 16.0. The standard InChI is InChI=1S/C18H21NO3/c1-2-22-17-10-6-9-16(13-17)18(21)19(11-12-20)14-15-7-4-3-5-8-15/h3-10,13,20H,2,11-12,14H2,1H3. The van der Waals surface area contributed by atoms with Crippen LogP contribution in [-0.2, 0) is 6.54 Å². The van der Waals surface area contributed by atoms with Gasteiger partial charge in [0.15, 0.2) is 0 Å². The molecular weight excluding hydrogens is 278 g/mol. The van der Waals surface area contributed by atoms with Crippen LogP contribution in [0.4, 0.5) is 0 Å². The van der Waals surface area contributed by atoms with Crippen molar-refractivity contribution in [2.24, 2.45) is 0 Å². The van der Waals surface area contributed by atoms with Gasteiger partial charge in [-0.3, -0.25) is 4.79 Å². The first-order valence-electron chi connectivity index (χ1n) is 7.41. The van der Waals surface area contributed by atoms with Crippen LogP contribution in [0.15, 0.2) is 54.6 Å². The molecule has 0 atom stereocenters. The lowest BCUT2D eigenvalue weighted by atomic mass is 10.1. The molecule has 2 aromatic rings. The number of hydrogen-bond donors (Lipinski definition) is 1. The molecule has 4 heteroatoms. The van der Waals surface area contributed by atoms with Gasteiger partial charge in [0.05, 0.1) is 13.2 Å². The zero-order chi connectivity index (χ0) is 15.8. The summed E-state index contributed by atoms with van der Waals surface area (Å²) < 4.78 is 5.43. The lowest BCUT2D eigenvalue weighted by Crippen LogP contribution is -2.33. The molecule has 2 rings (SSSR count). The average Bonchev–Trinajstić information content (AvgIpc) is 2.55. The summed E-state index contributed by atoms with van der Waals surface area (Å²) in [5, 5.41) is 9.23. The summed E-state index contributed by atoms with van der Waals surface area (Å²) in [5.41, 5.74) is 1.60. The first-order valence-corrected chi connectivity index (χ1v) is 7.41. The van der Waals surface area contributed by atoms with E-state index < -0.39 is 0 Å². The van der Waals surface area contributed by atoms with Crippen LogP contribution < -0.4 is 4.74 Å². The van der Waals surface area contributed by atoms with Gasteiger partial charge in [0.2, 0.25) is 0 Å². The van der Waals surface area contributed by atoms with Crippen LogP contribution in [0.3, 0.4) is 0 Å². The Morgan fingerprint density at radius 2 is 1.91 bits per heavy atom.